The molecule has 0 aliphatic heterocycles. The normalized spacial score (nSPS) is 11.8. The highest BCUT2D eigenvalue weighted by Crippen LogP contribution is 2.16. The van der Waals surface area contributed by atoms with Crippen LogP contribution in [0.15, 0.2) is 18.2 Å². The first-order valence-electron chi connectivity index (χ1n) is 5.04. The summed E-state index contributed by atoms with van der Waals surface area (Å²) in [6.45, 7) is 6.76. The van der Waals surface area contributed by atoms with Crippen LogP contribution in [0.1, 0.15) is 31.9 Å². The molecule has 1 aromatic rings. The van der Waals surface area contributed by atoms with Gasteiger partial charge >= 0.3 is 0 Å². The maximum atomic E-state index is 12.9. The molecule has 0 atom stereocenters. The number of hydrogen-bond donors (Lipinski definition) is 1. The second-order valence-electron chi connectivity index (χ2n) is 4.52. The summed E-state index contributed by atoms with van der Waals surface area (Å²) in [5.41, 5.74) is 7.10. The Kier molecular flexibility index (Phi) is 3.83. The van der Waals surface area contributed by atoms with Gasteiger partial charge in [0, 0.05) is 6.54 Å². The molecule has 2 N–H and O–H groups in total. The Morgan fingerprint density at radius 1 is 1.27 bits per heavy atom. The quantitative estimate of drug-likeness (QED) is 0.834. The van der Waals surface area contributed by atoms with E-state index in [0.29, 0.717) is 13.2 Å². The van der Waals surface area contributed by atoms with Gasteiger partial charge in [-0.3, -0.25) is 0 Å². The van der Waals surface area contributed by atoms with Crippen LogP contribution in [-0.4, -0.2) is 5.60 Å². The van der Waals surface area contributed by atoms with Gasteiger partial charge in [0.15, 0.2) is 0 Å². The second-order valence-corrected chi connectivity index (χ2v) is 4.52. The van der Waals surface area contributed by atoms with E-state index in [4.69, 9.17) is 10.5 Å². The van der Waals surface area contributed by atoms with E-state index in [1.165, 1.54) is 12.1 Å². The molecule has 0 aliphatic rings. The van der Waals surface area contributed by atoms with Crippen molar-refractivity contribution in [2.45, 2.75) is 39.5 Å². The van der Waals surface area contributed by atoms with Gasteiger partial charge in [0.1, 0.15) is 5.82 Å². The van der Waals surface area contributed by atoms with Gasteiger partial charge in [0.2, 0.25) is 0 Å². The standard InChI is InChI=1S/C12H18FNO/c1-12(2,3)15-8-9-4-5-11(13)6-10(9)7-14/h4-6H,7-8,14H2,1-3H3. The third kappa shape index (κ3) is 3.98. The van der Waals surface area contributed by atoms with Crippen LogP contribution in [0.2, 0.25) is 0 Å². The predicted molar refractivity (Wildman–Crippen MR) is 58.8 cm³/mol. The van der Waals surface area contributed by atoms with Crippen LogP contribution in [0.5, 0.6) is 0 Å². The minimum atomic E-state index is -0.255. The summed E-state index contributed by atoms with van der Waals surface area (Å²) >= 11 is 0. The highest BCUT2D eigenvalue weighted by atomic mass is 19.1. The maximum Gasteiger partial charge on any atom is 0.123 e. The molecule has 2 nitrogen and oxygen atoms in total. The van der Waals surface area contributed by atoms with E-state index in [1.807, 2.05) is 20.8 Å². The van der Waals surface area contributed by atoms with Crippen molar-refractivity contribution in [3.8, 4) is 0 Å². The van der Waals surface area contributed by atoms with E-state index in [-0.39, 0.29) is 11.4 Å². The lowest BCUT2D eigenvalue weighted by molar-refractivity contribution is -0.0152. The molecule has 0 bridgehead atoms. The molecule has 0 aromatic heterocycles. The Morgan fingerprint density at radius 3 is 2.47 bits per heavy atom. The lowest BCUT2D eigenvalue weighted by Gasteiger charge is -2.20. The van der Waals surface area contributed by atoms with Gasteiger partial charge in [-0.15, -0.1) is 0 Å². The molecule has 0 unspecified atom stereocenters. The van der Waals surface area contributed by atoms with Gasteiger partial charge in [-0.1, -0.05) is 6.07 Å². The molecule has 1 rings (SSSR count). The minimum absolute atomic E-state index is 0.194. The van der Waals surface area contributed by atoms with Crippen LogP contribution in [0.3, 0.4) is 0 Å². The predicted octanol–water partition coefficient (Wildman–Crippen LogP) is 2.60. The third-order valence-corrected chi connectivity index (χ3v) is 2.05. The van der Waals surface area contributed by atoms with Crippen LogP contribution < -0.4 is 5.73 Å². The van der Waals surface area contributed by atoms with Crippen LogP contribution in [-0.2, 0) is 17.9 Å². The molecule has 0 radical (unpaired) electrons. The molecule has 3 heteroatoms. The van der Waals surface area contributed by atoms with Crippen molar-refractivity contribution in [1.29, 1.82) is 0 Å². The average molecular weight is 211 g/mol. The topological polar surface area (TPSA) is 35.2 Å². The van der Waals surface area contributed by atoms with Crippen molar-refractivity contribution in [3.05, 3.63) is 35.1 Å². The zero-order valence-corrected chi connectivity index (χ0v) is 9.51. The number of ether oxygens (including phenoxy) is 1. The van der Waals surface area contributed by atoms with E-state index >= 15 is 0 Å². The fourth-order valence-corrected chi connectivity index (χ4v) is 1.22. The van der Waals surface area contributed by atoms with Gasteiger partial charge in [-0.25, -0.2) is 4.39 Å². The highest BCUT2D eigenvalue weighted by molar-refractivity contribution is 5.27. The third-order valence-electron chi connectivity index (χ3n) is 2.05. The van der Waals surface area contributed by atoms with Crippen molar-refractivity contribution in [1.82, 2.24) is 0 Å². The summed E-state index contributed by atoms with van der Waals surface area (Å²) in [7, 11) is 0. The number of hydrogen-bond acceptors (Lipinski definition) is 2. The Balaban J connectivity index is 2.76. The van der Waals surface area contributed by atoms with Gasteiger partial charge in [0.25, 0.3) is 0 Å². The largest absolute Gasteiger partial charge is 0.371 e. The first-order chi connectivity index (χ1) is 6.92. The van der Waals surface area contributed by atoms with E-state index in [9.17, 15) is 4.39 Å². The SMILES string of the molecule is CC(C)(C)OCc1ccc(F)cc1CN. The molecule has 0 saturated heterocycles. The molecule has 15 heavy (non-hydrogen) atoms. The lowest BCUT2D eigenvalue weighted by Crippen LogP contribution is -2.19. The molecular formula is C12H18FNO. The number of benzene rings is 1. The Bertz CT molecular complexity index is 331. The van der Waals surface area contributed by atoms with Gasteiger partial charge in [0.05, 0.1) is 12.2 Å². The number of halogens is 1. The molecule has 0 aliphatic carbocycles. The van der Waals surface area contributed by atoms with Crippen molar-refractivity contribution in [2.75, 3.05) is 0 Å². The first-order valence-corrected chi connectivity index (χ1v) is 5.04. The van der Waals surface area contributed by atoms with Gasteiger partial charge in [-0.2, -0.15) is 0 Å². The molecular weight excluding hydrogens is 193 g/mol. The van der Waals surface area contributed by atoms with Crippen LogP contribution in [0.4, 0.5) is 4.39 Å². The van der Waals surface area contributed by atoms with Crippen LogP contribution >= 0.6 is 0 Å². The van der Waals surface area contributed by atoms with E-state index in [2.05, 4.69) is 0 Å². The smallest absolute Gasteiger partial charge is 0.123 e. The molecule has 84 valence electrons. The molecule has 0 saturated carbocycles. The van der Waals surface area contributed by atoms with Gasteiger partial charge < -0.3 is 10.5 Å². The summed E-state index contributed by atoms with van der Waals surface area (Å²) in [5, 5.41) is 0. The fraction of sp³-hybridized carbons (Fsp3) is 0.500. The molecule has 0 amide bonds. The van der Waals surface area contributed by atoms with E-state index in [0.717, 1.165) is 11.1 Å². The summed E-state index contributed by atoms with van der Waals surface area (Å²) in [6, 6.07) is 4.62. The molecule has 1 aromatic carbocycles. The Morgan fingerprint density at radius 2 is 1.93 bits per heavy atom. The first kappa shape index (κ1) is 12.1. The van der Waals surface area contributed by atoms with Crippen molar-refractivity contribution >= 4 is 0 Å². The van der Waals surface area contributed by atoms with E-state index in [1.54, 1.807) is 6.07 Å². The zero-order chi connectivity index (χ0) is 11.5. The van der Waals surface area contributed by atoms with Crippen LogP contribution in [0.25, 0.3) is 0 Å². The molecule has 0 heterocycles. The summed E-state index contributed by atoms with van der Waals surface area (Å²) in [6.07, 6.45) is 0. The number of nitrogens with two attached hydrogens (primary N) is 1. The molecule has 0 spiro atoms. The van der Waals surface area contributed by atoms with Gasteiger partial charge in [-0.05, 0) is 44.0 Å². The fourth-order valence-electron chi connectivity index (χ4n) is 1.22. The van der Waals surface area contributed by atoms with Crippen molar-refractivity contribution in [3.63, 3.8) is 0 Å². The summed E-state index contributed by atoms with van der Waals surface area (Å²) in [4.78, 5) is 0. The van der Waals surface area contributed by atoms with Crippen LogP contribution in [0, 0.1) is 5.82 Å². The average Bonchev–Trinajstić information content (AvgIpc) is 2.14. The van der Waals surface area contributed by atoms with Crippen molar-refractivity contribution < 1.29 is 9.13 Å². The van der Waals surface area contributed by atoms with E-state index < -0.39 is 0 Å². The minimum Gasteiger partial charge on any atom is -0.371 e. The maximum absolute atomic E-state index is 12.9. The summed E-state index contributed by atoms with van der Waals surface area (Å²) < 4.78 is 18.5. The number of rotatable bonds is 3. The summed E-state index contributed by atoms with van der Waals surface area (Å²) in [5.74, 6) is -0.255. The zero-order valence-electron chi connectivity index (χ0n) is 9.51. The second kappa shape index (κ2) is 4.73. The monoisotopic (exact) mass is 211 g/mol. The molecule has 0 fully saturated rings. The Labute approximate surface area is 90.2 Å². The van der Waals surface area contributed by atoms with Crippen molar-refractivity contribution in [2.24, 2.45) is 5.73 Å². The highest BCUT2D eigenvalue weighted by Gasteiger charge is 2.11. The Hall–Kier alpha value is -0.930. The lowest BCUT2D eigenvalue weighted by atomic mass is 10.1.